The van der Waals surface area contributed by atoms with Crippen molar-refractivity contribution in [3.8, 4) is 0 Å². The maximum absolute atomic E-state index is 12.6. The molecule has 0 radical (unpaired) electrons. The quantitative estimate of drug-likeness (QED) is 0.813. The van der Waals surface area contributed by atoms with Crippen LogP contribution in [0.3, 0.4) is 0 Å². The molecule has 1 aliphatic carbocycles. The van der Waals surface area contributed by atoms with Crippen molar-refractivity contribution in [1.82, 2.24) is 4.90 Å². The van der Waals surface area contributed by atoms with Gasteiger partial charge in [-0.15, -0.1) is 0 Å². The van der Waals surface area contributed by atoms with Crippen LogP contribution in [0.25, 0.3) is 0 Å². The molecule has 1 saturated carbocycles. The zero-order chi connectivity index (χ0) is 15.5. The Morgan fingerprint density at radius 3 is 2.29 bits per heavy atom. The van der Waals surface area contributed by atoms with Crippen LogP contribution < -0.4 is 0 Å². The molecule has 2 rings (SSSR count). The Morgan fingerprint density at radius 1 is 1.14 bits per heavy atom. The largest absolute Gasteiger partial charge is 0.481 e. The van der Waals surface area contributed by atoms with Gasteiger partial charge in [-0.25, -0.2) is 0 Å². The van der Waals surface area contributed by atoms with Gasteiger partial charge in [0, 0.05) is 19.5 Å². The minimum atomic E-state index is -0.851. The second-order valence-corrected chi connectivity index (χ2v) is 7.10. The highest BCUT2D eigenvalue weighted by molar-refractivity contribution is 5.85. The van der Waals surface area contributed by atoms with Gasteiger partial charge in [-0.2, -0.15) is 0 Å². The Labute approximate surface area is 126 Å². The van der Waals surface area contributed by atoms with Gasteiger partial charge in [-0.3, -0.25) is 9.59 Å². The molecule has 0 bridgehead atoms. The molecule has 0 spiro atoms. The number of carboxylic acids is 1. The topological polar surface area (TPSA) is 66.8 Å². The van der Waals surface area contributed by atoms with Crippen molar-refractivity contribution in [1.29, 1.82) is 0 Å². The molecule has 0 atom stereocenters. The van der Waals surface area contributed by atoms with E-state index in [0.717, 1.165) is 25.7 Å². The molecule has 5 nitrogen and oxygen atoms in total. The van der Waals surface area contributed by atoms with Gasteiger partial charge in [0.25, 0.3) is 0 Å². The van der Waals surface area contributed by atoms with Crippen molar-refractivity contribution in [3.63, 3.8) is 0 Å². The van der Waals surface area contributed by atoms with Gasteiger partial charge in [0.15, 0.2) is 0 Å². The molecule has 5 heteroatoms. The van der Waals surface area contributed by atoms with E-state index >= 15 is 0 Å². The summed E-state index contributed by atoms with van der Waals surface area (Å²) < 4.78 is 5.62. The van der Waals surface area contributed by atoms with Crippen LogP contribution in [0.2, 0.25) is 0 Å². The summed E-state index contributed by atoms with van der Waals surface area (Å²) in [6.45, 7) is 5.56. The van der Waals surface area contributed by atoms with Gasteiger partial charge in [0.1, 0.15) is 0 Å². The Bertz CT molecular complexity index is 397. The van der Waals surface area contributed by atoms with Crippen molar-refractivity contribution < 1.29 is 19.4 Å². The number of hydrogen-bond donors (Lipinski definition) is 1. The van der Waals surface area contributed by atoms with Gasteiger partial charge in [0.2, 0.25) is 5.91 Å². The van der Waals surface area contributed by atoms with Crippen molar-refractivity contribution in [3.05, 3.63) is 0 Å². The van der Waals surface area contributed by atoms with E-state index in [1.54, 1.807) is 4.90 Å². The summed E-state index contributed by atoms with van der Waals surface area (Å²) in [4.78, 5) is 26.1. The van der Waals surface area contributed by atoms with Gasteiger partial charge in [-0.1, -0.05) is 25.7 Å². The van der Waals surface area contributed by atoms with Gasteiger partial charge in [-0.05, 0) is 26.7 Å². The molecule has 120 valence electrons. The average molecular weight is 297 g/mol. The van der Waals surface area contributed by atoms with Crippen LogP contribution >= 0.6 is 0 Å². The van der Waals surface area contributed by atoms with Crippen LogP contribution in [0.4, 0.5) is 0 Å². The second kappa shape index (κ2) is 6.34. The second-order valence-electron chi connectivity index (χ2n) is 7.10. The van der Waals surface area contributed by atoms with Crippen LogP contribution in [-0.2, 0) is 14.3 Å². The van der Waals surface area contributed by atoms with Crippen LogP contribution in [-0.4, -0.2) is 47.2 Å². The minimum Gasteiger partial charge on any atom is -0.481 e. The molecule has 21 heavy (non-hydrogen) atoms. The summed E-state index contributed by atoms with van der Waals surface area (Å²) >= 11 is 0. The number of nitrogens with zero attached hydrogens (tertiary/aromatic N) is 1. The summed E-state index contributed by atoms with van der Waals surface area (Å²) in [6, 6.07) is 0. The molecule has 1 saturated heterocycles. The van der Waals surface area contributed by atoms with Crippen molar-refractivity contribution in [2.45, 2.75) is 64.4 Å². The fourth-order valence-electron chi connectivity index (χ4n) is 3.50. The molecule has 0 aromatic rings. The van der Waals surface area contributed by atoms with E-state index < -0.39 is 11.4 Å². The van der Waals surface area contributed by atoms with E-state index in [9.17, 15) is 14.7 Å². The maximum atomic E-state index is 12.6. The van der Waals surface area contributed by atoms with Crippen molar-refractivity contribution in [2.75, 3.05) is 19.7 Å². The predicted octanol–water partition coefficient (Wildman–Crippen LogP) is 2.44. The van der Waals surface area contributed by atoms with Crippen LogP contribution in [0.5, 0.6) is 0 Å². The number of morpholine rings is 1. The fraction of sp³-hybridized carbons (Fsp3) is 0.875. The van der Waals surface area contributed by atoms with E-state index in [1.807, 2.05) is 13.8 Å². The highest BCUT2D eigenvalue weighted by Gasteiger charge is 2.42. The number of aliphatic carboxylic acids is 1. The smallest absolute Gasteiger partial charge is 0.310 e. The summed E-state index contributed by atoms with van der Waals surface area (Å²) in [5.41, 5.74) is -1.19. The van der Waals surface area contributed by atoms with Crippen LogP contribution in [0, 0.1) is 5.41 Å². The number of amides is 1. The lowest BCUT2D eigenvalue weighted by atomic mass is 9.77. The highest BCUT2D eigenvalue weighted by Crippen LogP contribution is 2.39. The van der Waals surface area contributed by atoms with E-state index in [1.165, 1.54) is 0 Å². The summed E-state index contributed by atoms with van der Waals surface area (Å²) in [7, 11) is 0. The number of carboxylic acid groups (broad SMARTS) is 1. The number of carbonyl (C=O) groups is 2. The third-order valence-electron chi connectivity index (χ3n) is 4.78. The first-order valence-corrected chi connectivity index (χ1v) is 8.00. The molecule has 2 fully saturated rings. The molecule has 0 unspecified atom stereocenters. The number of ether oxygens (including phenoxy) is 1. The molecule has 1 heterocycles. The van der Waals surface area contributed by atoms with Gasteiger partial charge < -0.3 is 14.7 Å². The Morgan fingerprint density at radius 2 is 1.76 bits per heavy atom. The molecular weight excluding hydrogens is 270 g/mol. The van der Waals surface area contributed by atoms with E-state index in [4.69, 9.17) is 4.74 Å². The lowest BCUT2D eigenvalue weighted by molar-refractivity contribution is -0.159. The first-order chi connectivity index (χ1) is 9.85. The zero-order valence-electron chi connectivity index (χ0n) is 13.2. The third kappa shape index (κ3) is 3.96. The lowest BCUT2D eigenvalue weighted by Gasteiger charge is -2.39. The normalized spacial score (nSPS) is 25.1. The van der Waals surface area contributed by atoms with Crippen LogP contribution in [0.15, 0.2) is 0 Å². The SMILES string of the molecule is CC1(C)CN(C(=O)CC2(C(=O)O)CCCCCC2)CCO1. The number of hydrogen-bond acceptors (Lipinski definition) is 3. The summed E-state index contributed by atoms with van der Waals surface area (Å²) in [5.74, 6) is -0.832. The number of rotatable bonds is 3. The minimum absolute atomic E-state index is 0.0318. The molecule has 1 amide bonds. The summed E-state index contributed by atoms with van der Waals surface area (Å²) in [6.07, 6.45) is 5.37. The molecule has 0 aromatic heterocycles. The standard InChI is InChI=1S/C16H27NO4/c1-15(2)12-17(9-10-21-15)13(18)11-16(14(19)20)7-5-3-4-6-8-16/h3-12H2,1-2H3,(H,19,20). The highest BCUT2D eigenvalue weighted by atomic mass is 16.5. The fourth-order valence-corrected chi connectivity index (χ4v) is 3.50. The van der Waals surface area contributed by atoms with Gasteiger partial charge >= 0.3 is 5.97 Å². The van der Waals surface area contributed by atoms with Gasteiger partial charge in [0.05, 0.1) is 17.6 Å². The van der Waals surface area contributed by atoms with Crippen LogP contribution in [0.1, 0.15) is 58.8 Å². The zero-order valence-corrected chi connectivity index (χ0v) is 13.2. The Hall–Kier alpha value is -1.10. The molecule has 1 aliphatic heterocycles. The van der Waals surface area contributed by atoms with E-state index in [-0.39, 0.29) is 17.9 Å². The van der Waals surface area contributed by atoms with E-state index in [0.29, 0.717) is 32.5 Å². The summed E-state index contributed by atoms with van der Waals surface area (Å²) in [5, 5.41) is 9.67. The third-order valence-corrected chi connectivity index (χ3v) is 4.78. The first kappa shape index (κ1) is 16.3. The van der Waals surface area contributed by atoms with E-state index in [2.05, 4.69) is 0 Å². The molecular formula is C16H27NO4. The molecule has 2 aliphatic rings. The average Bonchev–Trinajstić information content (AvgIpc) is 2.64. The number of carbonyl (C=O) groups excluding carboxylic acids is 1. The predicted molar refractivity (Wildman–Crippen MR) is 79.0 cm³/mol. The Balaban J connectivity index is 2.06. The molecule has 1 N–H and O–H groups in total. The first-order valence-electron chi connectivity index (χ1n) is 8.00. The maximum Gasteiger partial charge on any atom is 0.310 e. The molecule has 0 aromatic carbocycles. The monoisotopic (exact) mass is 297 g/mol. The van der Waals surface area contributed by atoms with Crippen molar-refractivity contribution in [2.24, 2.45) is 5.41 Å². The van der Waals surface area contributed by atoms with Crippen molar-refractivity contribution >= 4 is 11.9 Å². The lowest BCUT2D eigenvalue weighted by Crippen LogP contribution is -2.52. The Kier molecular flexibility index (Phi) is 4.91.